The average molecular weight is 1350 g/mol. The van der Waals surface area contributed by atoms with E-state index in [0.29, 0.717) is 31.6 Å². The lowest BCUT2D eigenvalue weighted by atomic mass is 10.0. The third kappa shape index (κ3) is 66.7. The number of esters is 4. The van der Waals surface area contributed by atoms with E-state index in [2.05, 4.69) is 48.5 Å². The summed E-state index contributed by atoms with van der Waals surface area (Å²) in [4.78, 5) is 72.6. The highest BCUT2D eigenvalue weighted by atomic mass is 31.2. The molecular weight excluding hydrogens is 1210 g/mol. The van der Waals surface area contributed by atoms with Crippen LogP contribution in [0, 0.1) is 17.8 Å². The Kier molecular flexibility index (Phi) is 62.4. The second-order valence-corrected chi connectivity index (χ2v) is 30.7. The fourth-order valence-electron chi connectivity index (χ4n) is 11.1. The number of aliphatic hydroxyl groups is 1. The van der Waals surface area contributed by atoms with Crippen molar-refractivity contribution in [3.05, 3.63) is 0 Å². The van der Waals surface area contributed by atoms with Crippen molar-refractivity contribution in [3.8, 4) is 0 Å². The first kappa shape index (κ1) is 90.1. The molecule has 0 saturated heterocycles. The molecule has 0 amide bonds. The van der Waals surface area contributed by atoms with E-state index in [1.165, 1.54) is 173 Å². The minimum atomic E-state index is -4.96. The van der Waals surface area contributed by atoms with Crippen molar-refractivity contribution in [2.24, 2.45) is 17.8 Å². The first-order valence-corrected chi connectivity index (χ1v) is 40.8. The third-order valence-electron chi connectivity index (χ3n) is 16.9. The van der Waals surface area contributed by atoms with Crippen LogP contribution in [-0.2, 0) is 65.4 Å². The summed E-state index contributed by atoms with van der Waals surface area (Å²) in [6.07, 6.45) is 48.8. The number of hydrogen-bond donors (Lipinski definition) is 3. The van der Waals surface area contributed by atoms with E-state index < -0.39 is 97.5 Å². The van der Waals surface area contributed by atoms with Crippen LogP contribution in [0.2, 0.25) is 0 Å². The van der Waals surface area contributed by atoms with Gasteiger partial charge in [0.25, 0.3) is 0 Å². The maximum atomic E-state index is 13.1. The van der Waals surface area contributed by atoms with Crippen LogP contribution in [-0.4, -0.2) is 96.7 Å². The van der Waals surface area contributed by atoms with Gasteiger partial charge in [0.2, 0.25) is 0 Å². The Labute approximate surface area is 562 Å². The van der Waals surface area contributed by atoms with E-state index in [0.717, 1.165) is 108 Å². The highest BCUT2D eigenvalue weighted by Crippen LogP contribution is 2.45. The summed E-state index contributed by atoms with van der Waals surface area (Å²) < 4.78 is 68.4. The summed E-state index contributed by atoms with van der Waals surface area (Å²) in [5, 5.41) is 10.6. The van der Waals surface area contributed by atoms with Gasteiger partial charge in [0.05, 0.1) is 26.4 Å². The zero-order valence-corrected chi connectivity index (χ0v) is 61.8. The fourth-order valence-corrected chi connectivity index (χ4v) is 12.7. The molecule has 5 atom stereocenters. The maximum absolute atomic E-state index is 13.1. The minimum Gasteiger partial charge on any atom is -0.462 e. The zero-order valence-electron chi connectivity index (χ0n) is 60.0. The first-order valence-electron chi connectivity index (χ1n) is 37.8. The molecule has 0 fully saturated rings. The summed E-state index contributed by atoms with van der Waals surface area (Å²) in [6, 6.07) is 0. The van der Waals surface area contributed by atoms with Crippen molar-refractivity contribution in [3.63, 3.8) is 0 Å². The number of carbonyl (C=O) groups excluding carboxylic acids is 4. The van der Waals surface area contributed by atoms with Gasteiger partial charge >= 0.3 is 39.5 Å². The summed E-state index contributed by atoms with van der Waals surface area (Å²) in [5.41, 5.74) is 0. The molecule has 0 aliphatic carbocycles. The molecule has 0 radical (unpaired) electrons. The van der Waals surface area contributed by atoms with Crippen molar-refractivity contribution in [1.29, 1.82) is 0 Å². The Hall–Kier alpha value is -1.94. The van der Waals surface area contributed by atoms with Crippen LogP contribution in [0.1, 0.15) is 370 Å². The molecule has 0 aliphatic heterocycles. The van der Waals surface area contributed by atoms with E-state index in [1.54, 1.807) is 0 Å². The minimum absolute atomic E-state index is 0.103. The van der Waals surface area contributed by atoms with E-state index in [1.807, 2.05) is 0 Å². The smallest absolute Gasteiger partial charge is 0.462 e. The van der Waals surface area contributed by atoms with Gasteiger partial charge in [-0.15, -0.1) is 0 Å². The van der Waals surface area contributed by atoms with Crippen LogP contribution < -0.4 is 0 Å². The summed E-state index contributed by atoms with van der Waals surface area (Å²) in [7, 11) is -9.91. The molecule has 0 bridgehead atoms. The van der Waals surface area contributed by atoms with Crippen LogP contribution in [0.4, 0.5) is 0 Å². The summed E-state index contributed by atoms with van der Waals surface area (Å²) >= 11 is 0. The van der Waals surface area contributed by atoms with Crippen molar-refractivity contribution in [2.45, 2.75) is 388 Å². The number of carbonyl (C=O) groups is 4. The van der Waals surface area contributed by atoms with Crippen LogP contribution in [0.15, 0.2) is 0 Å². The Bertz CT molecular complexity index is 1800. The summed E-state index contributed by atoms with van der Waals surface area (Å²) in [5.74, 6) is 0.0592. The quantitative estimate of drug-likeness (QED) is 0.0222. The second kappa shape index (κ2) is 63.8. The average Bonchev–Trinajstić information content (AvgIpc) is 2.29. The van der Waals surface area contributed by atoms with Crippen LogP contribution in [0.3, 0.4) is 0 Å². The molecule has 0 aromatic carbocycles. The molecule has 0 heterocycles. The molecule has 17 nitrogen and oxygen atoms in total. The molecule has 3 N–H and O–H groups in total. The van der Waals surface area contributed by atoms with Gasteiger partial charge in [-0.2, -0.15) is 0 Å². The van der Waals surface area contributed by atoms with Crippen molar-refractivity contribution in [2.75, 3.05) is 39.6 Å². The van der Waals surface area contributed by atoms with E-state index in [4.69, 9.17) is 37.0 Å². The number of phosphoric ester groups is 2. The third-order valence-corrected chi connectivity index (χ3v) is 18.8. The molecule has 19 heteroatoms. The Morgan fingerprint density at radius 1 is 0.293 bits per heavy atom. The van der Waals surface area contributed by atoms with Gasteiger partial charge in [-0.05, 0) is 43.4 Å². The molecule has 92 heavy (non-hydrogen) atoms. The first-order chi connectivity index (χ1) is 44.2. The molecule has 0 spiro atoms. The number of aliphatic hydroxyl groups excluding tert-OH is 1. The normalized spacial score (nSPS) is 14.1. The lowest BCUT2D eigenvalue weighted by Gasteiger charge is -2.21. The van der Waals surface area contributed by atoms with Gasteiger partial charge < -0.3 is 33.8 Å². The fraction of sp³-hybridized carbons (Fsp3) is 0.945. The number of ether oxygens (including phenoxy) is 4. The second-order valence-electron chi connectivity index (χ2n) is 27.8. The van der Waals surface area contributed by atoms with Crippen LogP contribution in [0.25, 0.3) is 0 Å². The molecule has 0 saturated carbocycles. The van der Waals surface area contributed by atoms with Crippen LogP contribution >= 0.6 is 15.6 Å². The van der Waals surface area contributed by atoms with Crippen LogP contribution in [0.5, 0.6) is 0 Å². The topological polar surface area (TPSA) is 237 Å². The predicted octanol–water partition coefficient (Wildman–Crippen LogP) is 21.0. The Morgan fingerprint density at radius 2 is 0.500 bits per heavy atom. The largest absolute Gasteiger partial charge is 0.472 e. The van der Waals surface area contributed by atoms with Gasteiger partial charge in [-0.1, -0.05) is 318 Å². The van der Waals surface area contributed by atoms with Gasteiger partial charge in [-0.25, -0.2) is 9.13 Å². The highest BCUT2D eigenvalue weighted by molar-refractivity contribution is 7.47. The van der Waals surface area contributed by atoms with Crippen molar-refractivity contribution in [1.82, 2.24) is 0 Å². The van der Waals surface area contributed by atoms with E-state index >= 15 is 0 Å². The molecule has 0 rings (SSSR count). The molecule has 2 unspecified atom stereocenters. The highest BCUT2D eigenvalue weighted by Gasteiger charge is 2.30. The standard InChI is InChI=1S/C73H142O17P2/c1-8-9-10-11-12-13-14-15-16-17-20-23-26-32-40-47-54-70(75)83-60-68(89-72(77)56-49-42-33-27-24-21-18-19-22-25-30-37-44-51-64(2)3)62-87-91(79,80)85-58-67(74)59-86-92(81,82)88-63-69(61-84-71(76)55-48-41-36-35-39-46-53-66(6)7)90-73(78)57-50-43-34-29-28-31-38-45-52-65(4)5/h64-69,74H,8-63H2,1-7H3,(H,79,80)(H,81,82)/t67-,68-,69-/m1/s1. The monoisotopic (exact) mass is 1350 g/mol. The van der Waals surface area contributed by atoms with Gasteiger partial charge in [-0.3, -0.25) is 37.3 Å². The summed E-state index contributed by atoms with van der Waals surface area (Å²) in [6.45, 7) is 11.8. The molecular formula is C73H142O17P2. The SMILES string of the molecule is CCCCCCCCCCCCCCCCCCC(=O)OC[C@H](COP(=O)(O)OC[C@@H](O)COP(=O)(O)OC[C@@H](COC(=O)CCCCCCCCC(C)C)OC(=O)CCCCCCCCCCC(C)C)OC(=O)CCCCCCCCCCCCCCCC(C)C. The Morgan fingerprint density at radius 3 is 0.739 bits per heavy atom. The molecule has 0 aromatic rings. The zero-order chi connectivity index (χ0) is 68.0. The maximum Gasteiger partial charge on any atom is 0.472 e. The van der Waals surface area contributed by atoms with E-state index in [9.17, 15) is 43.2 Å². The van der Waals surface area contributed by atoms with Gasteiger partial charge in [0, 0.05) is 25.7 Å². The molecule has 546 valence electrons. The van der Waals surface area contributed by atoms with E-state index in [-0.39, 0.29) is 25.7 Å². The number of unbranched alkanes of at least 4 members (excludes halogenated alkanes) is 39. The number of hydrogen-bond acceptors (Lipinski definition) is 15. The van der Waals surface area contributed by atoms with Crippen molar-refractivity contribution >= 4 is 39.5 Å². The Balaban J connectivity index is 5.23. The number of rotatable bonds is 71. The predicted molar refractivity (Wildman–Crippen MR) is 372 cm³/mol. The number of phosphoric acid groups is 2. The molecule has 0 aliphatic rings. The molecule has 0 aromatic heterocycles. The lowest BCUT2D eigenvalue weighted by Crippen LogP contribution is -2.30. The lowest BCUT2D eigenvalue weighted by molar-refractivity contribution is -0.161. The van der Waals surface area contributed by atoms with Gasteiger partial charge in [0.1, 0.15) is 19.3 Å². The van der Waals surface area contributed by atoms with Crippen molar-refractivity contribution < 1.29 is 80.2 Å². The van der Waals surface area contributed by atoms with Gasteiger partial charge in [0.15, 0.2) is 12.2 Å².